The number of pyridine rings is 1. The summed E-state index contributed by atoms with van der Waals surface area (Å²) in [5, 5.41) is 0. The van der Waals surface area contributed by atoms with Crippen LogP contribution < -0.4 is 0 Å². The summed E-state index contributed by atoms with van der Waals surface area (Å²) >= 11 is 0. The lowest BCUT2D eigenvalue weighted by atomic mass is 9.88. The smallest absolute Gasteiger partial charge is 0.249 e. The normalized spacial score (nSPS) is 13.0. The van der Waals surface area contributed by atoms with E-state index in [1.165, 1.54) is 0 Å². The van der Waals surface area contributed by atoms with E-state index < -0.39 is 23.1 Å². The molecule has 0 amide bonds. The second-order valence-corrected chi connectivity index (χ2v) is 4.30. The van der Waals surface area contributed by atoms with Crippen LogP contribution in [0.5, 0.6) is 0 Å². The number of hydrogen-bond acceptors (Lipinski definition) is 1. The molecule has 0 radical (unpaired) electrons. The Hall–Kier alpha value is -1.13. The molecule has 0 spiro atoms. The highest BCUT2D eigenvalue weighted by atomic mass is 19.4. The number of rotatable bonds is 0. The van der Waals surface area contributed by atoms with E-state index in [1.807, 2.05) is 0 Å². The minimum Gasteiger partial charge on any atom is -0.249 e. The summed E-state index contributed by atoms with van der Waals surface area (Å²) in [4.78, 5) is 3.12. The van der Waals surface area contributed by atoms with Crippen molar-refractivity contribution in [2.75, 3.05) is 0 Å². The predicted octanol–water partition coefficient (Wildman–Crippen LogP) is 3.54. The van der Waals surface area contributed by atoms with E-state index in [1.54, 1.807) is 20.8 Å². The predicted molar refractivity (Wildman–Crippen MR) is 47.9 cm³/mol. The third-order valence-electron chi connectivity index (χ3n) is 1.98. The summed E-state index contributed by atoms with van der Waals surface area (Å²) in [5.41, 5.74) is -1.44. The Morgan fingerprint density at radius 1 is 1.13 bits per heavy atom. The highest BCUT2D eigenvalue weighted by Crippen LogP contribution is 2.31. The molecule has 1 aromatic rings. The van der Waals surface area contributed by atoms with Crippen LogP contribution in [0.25, 0.3) is 0 Å². The minimum absolute atomic E-state index is 0.419. The fraction of sp³-hybridized carbons (Fsp3) is 0.500. The van der Waals surface area contributed by atoms with E-state index in [0.29, 0.717) is 5.56 Å². The first-order valence-corrected chi connectivity index (χ1v) is 4.35. The molecular weight excluding hydrogens is 210 g/mol. The van der Waals surface area contributed by atoms with E-state index in [4.69, 9.17) is 0 Å². The van der Waals surface area contributed by atoms with Gasteiger partial charge in [-0.25, -0.2) is 9.37 Å². The summed E-state index contributed by atoms with van der Waals surface area (Å²) < 4.78 is 49.6. The molecule has 0 saturated heterocycles. The van der Waals surface area contributed by atoms with Crippen LogP contribution in [0.15, 0.2) is 12.3 Å². The number of alkyl halides is 3. The van der Waals surface area contributed by atoms with Gasteiger partial charge in [0.2, 0.25) is 0 Å². The van der Waals surface area contributed by atoms with Crippen molar-refractivity contribution in [2.45, 2.75) is 32.4 Å². The van der Waals surface area contributed by atoms with Crippen LogP contribution in [-0.2, 0) is 11.6 Å². The third-order valence-corrected chi connectivity index (χ3v) is 1.98. The van der Waals surface area contributed by atoms with Gasteiger partial charge in [-0.2, -0.15) is 13.2 Å². The second-order valence-electron chi connectivity index (χ2n) is 4.30. The fourth-order valence-corrected chi connectivity index (χ4v) is 1.06. The van der Waals surface area contributed by atoms with E-state index in [2.05, 4.69) is 4.98 Å². The van der Waals surface area contributed by atoms with Crippen LogP contribution in [0.2, 0.25) is 0 Å². The molecule has 84 valence electrons. The van der Waals surface area contributed by atoms with Crippen molar-refractivity contribution >= 4 is 0 Å². The lowest BCUT2D eigenvalue weighted by Crippen LogP contribution is -2.16. The highest BCUT2D eigenvalue weighted by Gasteiger charge is 2.36. The monoisotopic (exact) mass is 221 g/mol. The van der Waals surface area contributed by atoms with Gasteiger partial charge in [0.05, 0.1) is 0 Å². The standard InChI is InChI=1S/C10H11F4N/c1-9(2,3)6-4-7(11)8(15-5-6)10(12,13)14/h4-5H,1-3H3. The molecule has 0 aliphatic heterocycles. The zero-order valence-corrected chi connectivity index (χ0v) is 8.61. The van der Waals surface area contributed by atoms with Gasteiger partial charge in [0.25, 0.3) is 0 Å². The summed E-state index contributed by atoms with van der Waals surface area (Å²) in [6.45, 7) is 5.32. The molecule has 0 aromatic carbocycles. The van der Waals surface area contributed by atoms with E-state index in [0.717, 1.165) is 12.3 Å². The van der Waals surface area contributed by atoms with Crippen molar-refractivity contribution in [2.24, 2.45) is 0 Å². The van der Waals surface area contributed by atoms with Crippen molar-refractivity contribution in [1.29, 1.82) is 0 Å². The van der Waals surface area contributed by atoms with Gasteiger partial charge in [-0.15, -0.1) is 0 Å². The first-order valence-electron chi connectivity index (χ1n) is 4.35. The average molecular weight is 221 g/mol. The Morgan fingerprint density at radius 2 is 1.67 bits per heavy atom. The molecule has 15 heavy (non-hydrogen) atoms. The maximum atomic E-state index is 13.1. The Kier molecular flexibility index (Phi) is 2.76. The Balaban J connectivity index is 3.21. The van der Waals surface area contributed by atoms with Gasteiger partial charge in [-0.1, -0.05) is 20.8 Å². The summed E-state index contributed by atoms with van der Waals surface area (Å²) in [7, 11) is 0. The highest BCUT2D eigenvalue weighted by molar-refractivity contribution is 5.23. The molecule has 0 N–H and O–H groups in total. The topological polar surface area (TPSA) is 12.9 Å². The molecule has 1 rings (SSSR count). The van der Waals surface area contributed by atoms with E-state index in [-0.39, 0.29) is 0 Å². The molecule has 5 heteroatoms. The molecule has 0 fully saturated rings. The Bertz CT molecular complexity index is 363. The van der Waals surface area contributed by atoms with Crippen molar-refractivity contribution in [3.05, 3.63) is 29.3 Å². The van der Waals surface area contributed by atoms with Gasteiger partial charge >= 0.3 is 6.18 Å². The van der Waals surface area contributed by atoms with Gasteiger partial charge in [0.1, 0.15) is 0 Å². The number of aromatic nitrogens is 1. The number of nitrogens with zero attached hydrogens (tertiary/aromatic N) is 1. The van der Waals surface area contributed by atoms with Gasteiger partial charge in [-0.3, -0.25) is 0 Å². The number of hydrogen-bond donors (Lipinski definition) is 0. The molecule has 0 saturated carbocycles. The Morgan fingerprint density at radius 3 is 2.00 bits per heavy atom. The molecule has 0 bridgehead atoms. The molecular formula is C10H11F4N. The SMILES string of the molecule is CC(C)(C)c1cnc(C(F)(F)F)c(F)c1. The Labute approximate surface area is 85.1 Å². The molecule has 0 aliphatic carbocycles. The van der Waals surface area contributed by atoms with Gasteiger partial charge in [-0.05, 0) is 17.0 Å². The summed E-state index contributed by atoms with van der Waals surface area (Å²) in [5.74, 6) is -1.32. The van der Waals surface area contributed by atoms with Crippen molar-refractivity contribution in [1.82, 2.24) is 4.98 Å². The van der Waals surface area contributed by atoms with Crippen molar-refractivity contribution in [3.63, 3.8) is 0 Å². The number of halogens is 4. The first kappa shape index (κ1) is 11.9. The van der Waals surface area contributed by atoms with Gasteiger partial charge in [0, 0.05) is 6.20 Å². The van der Waals surface area contributed by atoms with Crippen molar-refractivity contribution in [3.8, 4) is 0 Å². The molecule has 1 nitrogen and oxygen atoms in total. The van der Waals surface area contributed by atoms with Crippen LogP contribution in [0.1, 0.15) is 32.0 Å². The van der Waals surface area contributed by atoms with Crippen molar-refractivity contribution < 1.29 is 17.6 Å². The largest absolute Gasteiger partial charge is 0.436 e. The molecule has 0 unspecified atom stereocenters. The summed E-state index contributed by atoms with van der Waals surface area (Å²) in [6.07, 6.45) is -3.67. The quantitative estimate of drug-likeness (QED) is 0.610. The molecule has 1 aromatic heterocycles. The minimum atomic E-state index is -4.74. The zero-order valence-electron chi connectivity index (χ0n) is 8.61. The van der Waals surface area contributed by atoms with Crippen LogP contribution in [0, 0.1) is 5.82 Å². The lowest BCUT2D eigenvalue weighted by molar-refractivity contribution is -0.143. The lowest BCUT2D eigenvalue weighted by Gasteiger charge is -2.19. The second kappa shape index (κ2) is 3.47. The van der Waals surface area contributed by atoms with Crippen LogP contribution in [0.3, 0.4) is 0 Å². The molecule has 0 aliphatic rings. The maximum Gasteiger partial charge on any atom is 0.436 e. The summed E-state index contributed by atoms with van der Waals surface area (Å²) in [6, 6.07) is 0.885. The average Bonchev–Trinajstić information content (AvgIpc) is 1.99. The van der Waals surface area contributed by atoms with Crippen LogP contribution in [0.4, 0.5) is 17.6 Å². The van der Waals surface area contributed by atoms with Gasteiger partial charge < -0.3 is 0 Å². The van der Waals surface area contributed by atoms with Crippen LogP contribution >= 0.6 is 0 Å². The zero-order chi connectivity index (χ0) is 11.9. The third kappa shape index (κ3) is 2.67. The molecule has 0 atom stereocenters. The van der Waals surface area contributed by atoms with E-state index >= 15 is 0 Å². The van der Waals surface area contributed by atoms with Gasteiger partial charge in [0.15, 0.2) is 11.5 Å². The maximum absolute atomic E-state index is 13.1. The fourth-order valence-electron chi connectivity index (χ4n) is 1.06. The molecule has 1 heterocycles. The first-order chi connectivity index (χ1) is 6.62. The van der Waals surface area contributed by atoms with Crippen LogP contribution in [-0.4, -0.2) is 4.98 Å². The van der Waals surface area contributed by atoms with E-state index in [9.17, 15) is 17.6 Å².